The lowest BCUT2D eigenvalue weighted by atomic mass is 9.99. The van der Waals surface area contributed by atoms with Gasteiger partial charge in [-0.2, -0.15) is 0 Å². The quantitative estimate of drug-likeness (QED) is 0.733. The summed E-state index contributed by atoms with van der Waals surface area (Å²) in [4.78, 5) is 26.2. The zero-order valence-corrected chi connectivity index (χ0v) is 12.3. The van der Waals surface area contributed by atoms with Gasteiger partial charge in [-0.1, -0.05) is 24.3 Å². The Kier molecular flexibility index (Phi) is 5.06. The first-order valence-electron chi connectivity index (χ1n) is 6.90. The van der Waals surface area contributed by atoms with E-state index in [2.05, 4.69) is 0 Å². The van der Waals surface area contributed by atoms with Crippen LogP contribution in [0.25, 0.3) is 0 Å². The van der Waals surface area contributed by atoms with Gasteiger partial charge in [-0.05, 0) is 31.8 Å². The molecule has 0 aliphatic heterocycles. The maximum Gasteiger partial charge on any atom is 0.198 e. The lowest BCUT2D eigenvalue weighted by Gasteiger charge is -2.13. The molecule has 0 radical (unpaired) electrons. The molecule has 4 nitrogen and oxygen atoms in total. The number of benzene rings is 1. The minimum Gasteiger partial charge on any atom is -0.461 e. The molecule has 0 bridgehead atoms. The van der Waals surface area contributed by atoms with Crippen LogP contribution >= 0.6 is 0 Å². The maximum absolute atomic E-state index is 12.3. The normalized spacial score (nSPS) is 10.8. The minimum absolute atomic E-state index is 0.00708. The third kappa shape index (κ3) is 4.13. The highest BCUT2D eigenvalue weighted by molar-refractivity contribution is 6.01. The van der Waals surface area contributed by atoms with Gasteiger partial charge in [0.15, 0.2) is 17.3 Å². The second-order valence-corrected chi connectivity index (χ2v) is 5.22. The van der Waals surface area contributed by atoms with Crippen LogP contribution in [0.3, 0.4) is 0 Å². The van der Waals surface area contributed by atoms with Gasteiger partial charge in [-0.15, -0.1) is 0 Å². The first-order valence-corrected chi connectivity index (χ1v) is 6.90. The molecule has 1 aromatic carbocycles. The SMILES string of the molecule is CN(C)Cc1ccccc1C(=O)CCC(=O)c1ccco1. The second kappa shape index (κ2) is 6.99. The van der Waals surface area contributed by atoms with E-state index in [9.17, 15) is 9.59 Å². The molecule has 0 fully saturated rings. The number of Topliss-reactive ketones (excluding diaryl/α,β-unsaturated/α-hetero) is 2. The van der Waals surface area contributed by atoms with E-state index in [0.29, 0.717) is 17.9 Å². The minimum atomic E-state index is -0.140. The Morgan fingerprint density at radius 1 is 1.00 bits per heavy atom. The molecule has 0 N–H and O–H groups in total. The molecular weight excluding hydrogens is 266 g/mol. The molecule has 110 valence electrons. The van der Waals surface area contributed by atoms with Crippen molar-refractivity contribution in [3.8, 4) is 0 Å². The topological polar surface area (TPSA) is 50.5 Å². The Hall–Kier alpha value is -2.20. The van der Waals surface area contributed by atoms with Crippen LogP contribution in [0.5, 0.6) is 0 Å². The van der Waals surface area contributed by atoms with E-state index in [1.165, 1.54) is 6.26 Å². The zero-order chi connectivity index (χ0) is 15.2. The van der Waals surface area contributed by atoms with Crippen molar-refractivity contribution in [2.24, 2.45) is 0 Å². The summed E-state index contributed by atoms with van der Waals surface area (Å²) in [5.41, 5.74) is 1.68. The molecule has 0 unspecified atom stereocenters. The number of nitrogens with zero attached hydrogens (tertiary/aromatic N) is 1. The molecule has 0 saturated carbocycles. The zero-order valence-electron chi connectivity index (χ0n) is 12.3. The molecule has 0 atom stereocenters. The number of furan rings is 1. The highest BCUT2D eigenvalue weighted by atomic mass is 16.3. The van der Waals surface area contributed by atoms with Gasteiger partial charge in [-0.3, -0.25) is 9.59 Å². The Bertz CT molecular complexity index is 615. The van der Waals surface area contributed by atoms with Crippen molar-refractivity contribution in [2.45, 2.75) is 19.4 Å². The molecule has 4 heteroatoms. The molecule has 0 amide bonds. The fourth-order valence-corrected chi connectivity index (χ4v) is 2.19. The lowest BCUT2D eigenvalue weighted by molar-refractivity contribution is 0.0901. The largest absolute Gasteiger partial charge is 0.461 e. The molecule has 0 aliphatic rings. The maximum atomic E-state index is 12.3. The van der Waals surface area contributed by atoms with Gasteiger partial charge < -0.3 is 9.32 Å². The van der Waals surface area contributed by atoms with E-state index < -0.39 is 0 Å². The fraction of sp³-hybridized carbons (Fsp3) is 0.294. The van der Waals surface area contributed by atoms with Crippen LogP contribution < -0.4 is 0 Å². The molecule has 0 spiro atoms. The monoisotopic (exact) mass is 285 g/mol. The van der Waals surface area contributed by atoms with Crippen LogP contribution in [0.2, 0.25) is 0 Å². The van der Waals surface area contributed by atoms with E-state index in [0.717, 1.165) is 5.56 Å². The number of ketones is 2. The van der Waals surface area contributed by atoms with Gasteiger partial charge in [0.2, 0.25) is 0 Å². The predicted octanol–water partition coefficient (Wildman–Crippen LogP) is 3.19. The van der Waals surface area contributed by atoms with Gasteiger partial charge in [0, 0.05) is 24.9 Å². The fourth-order valence-electron chi connectivity index (χ4n) is 2.19. The molecular formula is C17H19NO3. The molecule has 2 rings (SSSR count). The number of rotatable bonds is 7. The highest BCUT2D eigenvalue weighted by Gasteiger charge is 2.15. The summed E-state index contributed by atoms with van der Waals surface area (Å²) in [6.45, 7) is 0.702. The van der Waals surface area contributed by atoms with Crippen molar-refractivity contribution < 1.29 is 14.0 Å². The van der Waals surface area contributed by atoms with Gasteiger partial charge in [0.25, 0.3) is 0 Å². The average molecular weight is 285 g/mol. The van der Waals surface area contributed by atoms with Crippen LogP contribution in [0.1, 0.15) is 39.3 Å². The average Bonchev–Trinajstić information content (AvgIpc) is 2.98. The summed E-state index contributed by atoms with van der Waals surface area (Å²) in [7, 11) is 3.92. The van der Waals surface area contributed by atoms with E-state index in [1.54, 1.807) is 12.1 Å². The first kappa shape index (κ1) is 15.2. The Balaban J connectivity index is 2.02. The van der Waals surface area contributed by atoms with Gasteiger partial charge in [0.05, 0.1) is 6.26 Å². The summed E-state index contributed by atoms with van der Waals surface area (Å²) in [5, 5.41) is 0. The molecule has 0 aliphatic carbocycles. The van der Waals surface area contributed by atoms with Crippen molar-refractivity contribution in [1.29, 1.82) is 0 Å². The van der Waals surface area contributed by atoms with E-state index in [1.807, 2.05) is 43.3 Å². The van der Waals surface area contributed by atoms with E-state index >= 15 is 0 Å². The van der Waals surface area contributed by atoms with Crippen molar-refractivity contribution in [3.63, 3.8) is 0 Å². The summed E-state index contributed by atoms with van der Waals surface area (Å²) < 4.78 is 5.04. The Labute approximate surface area is 124 Å². The highest BCUT2D eigenvalue weighted by Crippen LogP contribution is 2.15. The van der Waals surface area contributed by atoms with Crippen LogP contribution in [-0.4, -0.2) is 30.6 Å². The smallest absolute Gasteiger partial charge is 0.198 e. The number of carbonyl (C=O) groups excluding carboxylic acids is 2. The third-order valence-electron chi connectivity index (χ3n) is 3.18. The second-order valence-electron chi connectivity index (χ2n) is 5.22. The number of hydrogen-bond acceptors (Lipinski definition) is 4. The van der Waals surface area contributed by atoms with Crippen LogP contribution in [0.15, 0.2) is 47.1 Å². The predicted molar refractivity (Wildman–Crippen MR) is 80.4 cm³/mol. The molecule has 1 heterocycles. The van der Waals surface area contributed by atoms with Crippen molar-refractivity contribution in [2.75, 3.05) is 14.1 Å². The van der Waals surface area contributed by atoms with E-state index in [-0.39, 0.29) is 24.4 Å². The molecule has 1 aromatic heterocycles. The van der Waals surface area contributed by atoms with Crippen molar-refractivity contribution >= 4 is 11.6 Å². The van der Waals surface area contributed by atoms with Crippen LogP contribution in [-0.2, 0) is 6.54 Å². The number of hydrogen-bond donors (Lipinski definition) is 0. The molecule has 0 saturated heterocycles. The van der Waals surface area contributed by atoms with Crippen molar-refractivity contribution in [3.05, 3.63) is 59.5 Å². The van der Waals surface area contributed by atoms with Gasteiger partial charge in [0.1, 0.15) is 0 Å². The molecule has 21 heavy (non-hydrogen) atoms. The molecule has 2 aromatic rings. The first-order chi connectivity index (χ1) is 10.1. The van der Waals surface area contributed by atoms with Crippen molar-refractivity contribution in [1.82, 2.24) is 4.90 Å². The van der Waals surface area contributed by atoms with Crippen LogP contribution in [0, 0.1) is 0 Å². The van der Waals surface area contributed by atoms with Gasteiger partial charge >= 0.3 is 0 Å². The summed E-state index contributed by atoms with van der Waals surface area (Å²) >= 11 is 0. The summed E-state index contributed by atoms with van der Waals surface area (Å²) in [5.74, 6) is 0.162. The third-order valence-corrected chi connectivity index (χ3v) is 3.18. The number of carbonyl (C=O) groups is 2. The summed E-state index contributed by atoms with van der Waals surface area (Å²) in [6.07, 6.45) is 1.83. The van der Waals surface area contributed by atoms with Gasteiger partial charge in [-0.25, -0.2) is 0 Å². The Morgan fingerprint density at radius 3 is 2.38 bits per heavy atom. The summed E-state index contributed by atoms with van der Waals surface area (Å²) in [6, 6.07) is 10.8. The lowest BCUT2D eigenvalue weighted by Crippen LogP contribution is -2.14. The van der Waals surface area contributed by atoms with Crippen LogP contribution in [0.4, 0.5) is 0 Å². The van der Waals surface area contributed by atoms with E-state index in [4.69, 9.17) is 4.42 Å². The standard InChI is InChI=1S/C17H19NO3/c1-18(2)12-13-6-3-4-7-14(13)15(19)9-10-16(20)17-8-5-11-21-17/h3-8,11H,9-10,12H2,1-2H3. The Morgan fingerprint density at radius 2 is 1.71 bits per heavy atom.